The molecule has 1 aromatic carbocycles. The molecule has 0 fully saturated rings. The summed E-state index contributed by atoms with van der Waals surface area (Å²) in [7, 11) is 0. The van der Waals surface area contributed by atoms with Crippen LogP contribution < -0.4 is 5.32 Å². The summed E-state index contributed by atoms with van der Waals surface area (Å²) in [6, 6.07) is 13.5. The number of hydrogen-bond donors (Lipinski definition) is 1. The first-order chi connectivity index (χ1) is 12.5. The number of rotatable bonds is 6. The van der Waals surface area contributed by atoms with Crippen LogP contribution in [0.5, 0.6) is 0 Å². The molecule has 0 aliphatic carbocycles. The first kappa shape index (κ1) is 18.1. The van der Waals surface area contributed by atoms with Crippen molar-refractivity contribution in [3.05, 3.63) is 74.7 Å². The van der Waals surface area contributed by atoms with E-state index in [4.69, 9.17) is 0 Å². The maximum absolute atomic E-state index is 12.3. The molecule has 0 atom stereocenters. The standard InChI is InChI=1S/C20H21N3O2S/c1-13-17(11-21-20(25)19-10-9-18(26-19)15(3)24)14(2)23(22-13)12-16-7-5-4-6-8-16/h4-10H,11-12H2,1-3H3,(H,21,25). The third-order valence-electron chi connectivity index (χ3n) is 4.31. The average Bonchev–Trinajstić information content (AvgIpc) is 3.21. The number of carbonyl (C=O) groups is 2. The predicted octanol–water partition coefficient (Wildman–Crippen LogP) is 3.74. The molecule has 134 valence electrons. The van der Waals surface area contributed by atoms with E-state index in [-0.39, 0.29) is 11.7 Å². The second-order valence-corrected chi connectivity index (χ2v) is 7.28. The van der Waals surface area contributed by atoms with Crippen molar-refractivity contribution in [3.63, 3.8) is 0 Å². The normalized spacial score (nSPS) is 10.7. The molecule has 3 aromatic rings. The Balaban J connectivity index is 1.69. The molecule has 1 amide bonds. The van der Waals surface area contributed by atoms with Crippen LogP contribution in [0, 0.1) is 13.8 Å². The van der Waals surface area contributed by atoms with Gasteiger partial charge in [-0.15, -0.1) is 11.3 Å². The molecule has 3 rings (SSSR count). The molecule has 0 radical (unpaired) electrons. The van der Waals surface area contributed by atoms with Crippen molar-refractivity contribution < 1.29 is 9.59 Å². The molecule has 2 heterocycles. The number of aromatic nitrogens is 2. The molecule has 26 heavy (non-hydrogen) atoms. The van der Waals surface area contributed by atoms with Gasteiger partial charge in [-0.1, -0.05) is 30.3 Å². The summed E-state index contributed by atoms with van der Waals surface area (Å²) in [5.74, 6) is -0.194. The number of aryl methyl sites for hydroxylation is 1. The number of carbonyl (C=O) groups excluding carboxylic acids is 2. The minimum Gasteiger partial charge on any atom is -0.347 e. The average molecular weight is 367 g/mol. The summed E-state index contributed by atoms with van der Waals surface area (Å²) >= 11 is 1.22. The number of Topliss-reactive ketones (excluding diaryl/α,β-unsaturated/α-hetero) is 1. The summed E-state index contributed by atoms with van der Waals surface area (Å²) in [5, 5.41) is 7.54. The lowest BCUT2D eigenvalue weighted by Gasteiger charge is -2.07. The molecular weight excluding hydrogens is 346 g/mol. The van der Waals surface area contributed by atoms with Crippen LogP contribution in [0.1, 0.15) is 48.8 Å². The molecule has 0 aliphatic heterocycles. The van der Waals surface area contributed by atoms with Crippen LogP contribution in [-0.2, 0) is 13.1 Å². The van der Waals surface area contributed by atoms with Crippen LogP contribution in [0.25, 0.3) is 0 Å². The molecule has 6 heteroatoms. The minimum atomic E-state index is -0.169. The lowest BCUT2D eigenvalue weighted by molar-refractivity contribution is 0.0954. The fraction of sp³-hybridized carbons (Fsp3) is 0.250. The van der Waals surface area contributed by atoms with Crippen molar-refractivity contribution in [1.82, 2.24) is 15.1 Å². The van der Waals surface area contributed by atoms with Crippen molar-refractivity contribution in [1.29, 1.82) is 0 Å². The monoisotopic (exact) mass is 367 g/mol. The predicted molar refractivity (Wildman–Crippen MR) is 103 cm³/mol. The number of amides is 1. The zero-order valence-corrected chi connectivity index (χ0v) is 15.9. The first-order valence-electron chi connectivity index (χ1n) is 8.41. The molecule has 0 spiro atoms. The summed E-state index contributed by atoms with van der Waals surface area (Å²) in [6.07, 6.45) is 0. The van der Waals surface area contributed by atoms with Crippen molar-refractivity contribution in [2.75, 3.05) is 0 Å². The Kier molecular flexibility index (Phi) is 5.32. The SMILES string of the molecule is CC(=O)c1ccc(C(=O)NCc2c(C)nn(Cc3ccccc3)c2C)s1. The summed E-state index contributed by atoms with van der Waals surface area (Å²) < 4.78 is 1.96. The van der Waals surface area contributed by atoms with Crippen LogP contribution in [0.15, 0.2) is 42.5 Å². The number of nitrogens with one attached hydrogen (secondary N) is 1. The number of hydrogen-bond acceptors (Lipinski definition) is 4. The Morgan fingerprint density at radius 1 is 1.08 bits per heavy atom. The molecule has 2 aromatic heterocycles. The molecule has 0 unspecified atom stereocenters. The van der Waals surface area contributed by atoms with Gasteiger partial charge in [-0.3, -0.25) is 14.3 Å². The molecule has 5 nitrogen and oxygen atoms in total. The summed E-state index contributed by atoms with van der Waals surface area (Å²) in [5.41, 5.74) is 4.17. The Bertz CT molecular complexity index is 941. The molecular formula is C20H21N3O2S. The van der Waals surface area contributed by atoms with Gasteiger partial charge < -0.3 is 5.32 Å². The second kappa shape index (κ2) is 7.66. The Labute approximate surface area is 156 Å². The number of thiophene rings is 1. The highest BCUT2D eigenvalue weighted by Crippen LogP contribution is 2.18. The fourth-order valence-corrected chi connectivity index (χ4v) is 3.62. The van der Waals surface area contributed by atoms with E-state index in [0.717, 1.165) is 17.0 Å². The van der Waals surface area contributed by atoms with Gasteiger partial charge in [0.05, 0.1) is 22.0 Å². The molecule has 0 aliphatic rings. The zero-order chi connectivity index (χ0) is 18.7. The minimum absolute atomic E-state index is 0.0251. The van der Waals surface area contributed by atoms with Crippen LogP contribution in [0.3, 0.4) is 0 Å². The third kappa shape index (κ3) is 3.91. The van der Waals surface area contributed by atoms with E-state index >= 15 is 0 Å². The highest BCUT2D eigenvalue weighted by molar-refractivity contribution is 7.15. The van der Waals surface area contributed by atoms with E-state index in [1.54, 1.807) is 12.1 Å². The van der Waals surface area contributed by atoms with Crippen LogP contribution >= 0.6 is 11.3 Å². The fourth-order valence-electron chi connectivity index (χ4n) is 2.81. The molecule has 0 saturated heterocycles. The smallest absolute Gasteiger partial charge is 0.261 e. The number of benzene rings is 1. The highest BCUT2D eigenvalue weighted by atomic mass is 32.1. The van der Waals surface area contributed by atoms with Gasteiger partial charge >= 0.3 is 0 Å². The van der Waals surface area contributed by atoms with E-state index in [1.165, 1.54) is 23.8 Å². The summed E-state index contributed by atoms with van der Waals surface area (Å²) in [6.45, 7) is 6.59. The van der Waals surface area contributed by atoms with Crippen molar-refractivity contribution in [2.24, 2.45) is 0 Å². The van der Waals surface area contributed by atoms with Crippen molar-refractivity contribution >= 4 is 23.0 Å². The van der Waals surface area contributed by atoms with Gasteiger partial charge in [0.15, 0.2) is 5.78 Å². The number of ketones is 1. The molecule has 0 bridgehead atoms. The highest BCUT2D eigenvalue weighted by Gasteiger charge is 2.15. The van der Waals surface area contributed by atoms with E-state index in [0.29, 0.717) is 22.8 Å². The van der Waals surface area contributed by atoms with E-state index in [9.17, 15) is 9.59 Å². The van der Waals surface area contributed by atoms with Gasteiger partial charge in [0.2, 0.25) is 0 Å². The molecule has 1 N–H and O–H groups in total. The van der Waals surface area contributed by atoms with Gasteiger partial charge in [-0.25, -0.2) is 0 Å². The van der Waals surface area contributed by atoms with Gasteiger partial charge in [0.1, 0.15) is 0 Å². The van der Waals surface area contributed by atoms with Crippen molar-refractivity contribution in [2.45, 2.75) is 33.9 Å². The topological polar surface area (TPSA) is 64.0 Å². The maximum atomic E-state index is 12.3. The lowest BCUT2D eigenvalue weighted by Crippen LogP contribution is -2.22. The largest absolute Gasteiger partial charge is 0.347 e. The maximum Gasteiger partial charge on any atom is 0.261 e. The van der Waals surface area contributed by atoms with E-state index < -0.39 is 0 Å². The van der Waals surface area contributed by atoms with Gasteiger partial charge in [-0.2, -0.15) is 5.10 Å². The van der Waals surface area contributed by atoms with Crippen LogP contribution in [-0.4, -0.2) is 21.5 Å². The van der Waals surface area contributed by atoms with Gasteiger partial charge in [0, 0.05) is 17.8 Å². The third-order valence-corrected chi connectivity index (χ3v) is 5.49. The zero-order valence-electron chi connectivity index (χ0n) is 15.1. The second-order valence-electron chi connectivity index (χ2n) is 6.20. The quantitative estimate of drug-likeness (QED) is 0.675. The summed E-state index contributed by atoms with van der Waals surface area (Å²) in [4.78, 5) is 24.8. The Morgan fingerprint density at radius 3 is 2.42 bits per heavy atom. The van der Waals surface area contributed by atoms with E-state index in [2.05, 4.69) is 22.5 Å². The van der Waals surface area contributed by atoms with Crippen LogP contribution in [0.2, 0.25) is 0 Å². The Morgan fingerprint density at radius 2 is 1.77 bits per heavy atom. The molecule has 0 saturated carbocycles. The van der Waals surface area contributed by atoms with Gasteiger partial charge in [-0.05, 0) is 38.5 Å². The number of nitrogens with zero attached hydrogens (tertiary/aromatic N) is 2. The van der Waals surface area contributed by atoms with Crippen LogP contribution in [0.4, 0.5) is 0 Å². The van der Waals surface area contributed by atoms with E-state index in [1.807, 2.05) is 36.7 Å². The first-order valence-corrected chi connectivity index (χ1v) is 9.23. The Hall–Kier alpha value is -2.73. The lowest BCUT2D eigenvalue weighted by atomic mass is 10.2. The van der Waals surface area contributed by atoms with Crippen molar-refractivity contribution in [3.8, 4) is 0 Å². The van der Waals surface area contributed by atoms with Gasteiger partial charge in [0.25, 0.3) is 5.91 Å².